The first-order chi connectivity index (χ1) is 11.2. The molecule has 0 bridgehead atoms. The van der Waals surface area contributed by atoms with E-state index >= 15 is 0 Å². The molecule has 1 aliphatic heterocycles. The van der Waals surface area contributed by atoms with E-state index in [0.717, 1.165) is 5.56 Å². The first-order valence-corrected chi connectivity index (χ1v) is 7.79. The van der Waals surface area contributed by atoms with Gasteiger partial charge in [-0.1, -0.05) is 24.3 Å². The number of β-amino-alcohol motifs (C(OH)–C–C–N with tert-alkyl or cyclic N) is 1. The molecule has 1 aromatic carbocycles. The lowest BCUT2D eigenvalue weighted by Crippen LogP contribution is -2.31. The number of aromatic nitrogens is 1. The third kappa shape index (κ3) is 4.07. The highest BCUT2D eigenvalue weighted by Crippen LogP contribution is 2.19. The van der Waals surface area contributed by atoms with Gasteiger partial charge in [0.2, 0.25) is 5.91 Å². The fraction of sp³-hybridized carbons (Fsp3) is 0.333. The van der Waals surface area contributed by atoms with Crippen molar-refractivity contribution in [2.45, 2.75) is 25.0 Å². The molecule has 1 amide bonds. The van der Waals surface area contributed by atoms with Crippen LogP contribution in [0.2, 0.25) is 0 Å². The Labute approximate surface area is 135 Å². The molecular weight excluding hydrogens is 292 g/mol. The number of aliphatic hydroxyl groups excluding tert-OH is 1. The minimum atomic E-state index is -0.655. The number of hydrogen-bond acceptors (Lipinski definition) is 4. The van der Waals surface area contributed by atoms with Crippen LogP contribution in [0.3, 0.4) is 0 Å². The van der Waals surface area contributed by atoms with Crippen LogP contribution in [0, 0.1) is 0 Å². The van der Waals surface area contributed by atoms with Gasteiger partial charge in [-0.3, -0.25) is 9.78 Å². The van der Waals surface area contributed by atoms with Gasteiger partial charge in [-0.25, -0.2) is 0 Å². The van der Waals surface area contributed by atoms with E-state index in [1.165, 1.54) is 0 Å². The van der Waals surface area contributed by atoms with Gasteiger partial charge in [0.05, 0.1) is 13.1 Å². The number of amides is 1. The number of carbonyl (C=O) groups excluding carboxylic acids is 1. The van der Waals surface area contributed by atoms with E-state index in [0.29, 0.717) is 31.7 Å². The van der Waals surface area contributed by atoms with E-state index < -0.39 is 6.10 Å². The maximum Gasteiger partial charge on any atom is 0.223 e. The van der Waals surface area contributed by atoms with Gasteiger partial charge in [0.15, 0.2) is 0 Å². The average molecular weight is 312 g/mol. The number of likely N-dealkylation sites (tertiary alicyclic amines) is 1. The number of rotatable bonds is 5. The largest absolute Gasteiger partial charge is 0.486 e. The summed E-state index contributed by atoms with van der Waals surface area (Å²) in [6.07, 6.45) is 3.53. The first kappa shape index (κ1) is 15.5. The normalized spacial score (nSPS) is 20.5. The Morgan fingerprint density at radius 2 is 2.04 bits per heavy atom. The average Bonchev–Trinajstić information content (AvgIpc) is 2.95. The van der Waals surface area contributed by atoms with E-state index in [9.17, 15) is 9.90 Å². The number of aryl methyl sites for hydroxylation is 1. The van der Waals surface area contributed by atoms with Crippen LogP contribution in [0.5, 0.6) is 5.75 Å². The Balaban J connectivity index is 1.52. The van der Waals surface area contributed by atoms with Gasteiger partial charge >= 0.3 is 0 Å². The molecule has 1 aliphatic rings. The fourth-order valence-corrected chi connectivity index (χ4v) is 2.71. The molecule has 3 rings (SSSR count). The summed E-state index contributed by atoms with van der Waals surface area (Å²) in [6.45, 7) is 0.741. The van der Waals surface area contributed by atoms with Gasteiger partial charge in [-0.2, -0.15) is 0 Å². The van der Waals surface area contributed by atoms with Crippen LogP contribution in [-0.2, 0) is 11.2 Å². The van der Waals surface area contributed by atoms with Crippen LogP contribution < -0.4 is 4.74 Å². The molecule has 1 aromatic heterocycles. The molecule has 5 nitrogen and oxygen atoms in total. The third-order valence-electron chi connectivity index (χ3n) is 3.97. The Morgan fingerprint density at radius 1 is 1.22 bits per heavy atom. The van der Waals surface area contributed by atoms with Gasteiger partial charge in [0, 0.05) is 18.8 Å². The summed E-state index contributed by atoms with van der Waals surface area (Å²) in [5.41, 5.74) is 1.04. The summed E-state index contributed by atoms with van der Waals surface area (Å²) in [7, 11) is 0. The quantitative estimate of drug-likeness (QED) is 0.912. The topological polar surface area (TPSA) is 62.7 Å². The van der Waals surface area contributed by atoms with Crippen molar-refractivity contribution in [2.24, 2.45) is 0 Å². The molecule has 0 radical (unpaired) electrons. The molecule has 2 atom stereocenters. The maximum absolute atomic E-state index is 12.3. The number of aliphatic hydroxyl groups is 1. The molecule has 5 heteroatoms. The summed E-state index contributed by atoms with van der Waals surface area (Å²) < 4.78 is 5.78. The number of benzene rings is 1. The number of ether oxygens (including phenoxy) is 1. The summed E-state index contributed by atoms with van der Waals surface area (Å²) in [5.74, 6) is 0.744. The Morgan fingerprint density at radius 3 is 2.78 bits per heavy atom. The second kappa shape index (κ2) is 7.24. The minimum absolute atomic E-state index is 0.0343. The number of pyridine rings is 1. The maximum atomic E-state index is 12.3. The van der Waals surface area contributed by atoms with Crippen molar-refractivity contribution < 1.29 is 14.6 Å². The molecule has 1 N–H and O–H groups in total. The SMILES string of the molecule is O=C(CCc1cccnc1)N1C[C@@H](O)[C@H](Oc2ccccc2)C1. The molecule has 2 heterocycles. The van der Waals surface area contributed by atoms with Gasteiger partial charge in [-0.05, 0) is 30.2 Å². The van der Waals surface area contributed by atoms with Gasteiger partial charge in [0.1, 0.15) is 18.0 Å². The van der Waals surface area contributed by atoms with Crippen molar-refractivity contribution in [3.63, 3.8) is 0 Å². The van der Waals surface area contributed by atoms with Crippen molar-refractivity contribution in [1.29, 1.82) is 0 Å². The number of hydrogen-bond donors (Lipinski definition) is 1. The molecular formula is C18H20N2O3. The molecule has 1 saturated heterocycles. The van der Waals surface area contributed by atoms with Crippen molar-refractivity contribution in [3.05, 3.63) is 60.4 Å². The van der Waals surface area contributed by atoms with Gasteiger partial charge in [0.25, 0.3) is 0 Å². The van der Waals surface area contributed by atoms with E-state index in [4.69, 9.17) is 4.74 Å². The van der Waals surface area contributed by atoms with E-state index in [-0.39, 0.29) is 12.0 Å². The van der Waals surface area contributed by atoms with Crippen molar-refractivity contribution >= 4 is 5.91 Å². The zero-order valence-corrected chi connectivity index (χ0v) is 12.8. The van der Waals surface area contributed by atoms with Crippen molar-refractivity contribution in [2.75, 3.05) is 13.1 Å². The highest BCUT2D eigenvalue weighted by atomic mass is 16.5. The fourth-order valence-electron chi connectivity index (χ4n) is 2.71. The molecule has 120 valence electrons. The Hall–Kier alpha value is -2.40. The summed E-state index contributed by atoms with van der Waals surface area (Å²) in [4.78, 5) is 18.0. The summed E-state index contributed by atoms with van der Waals surface area (Å²) >= 11 is 0. The number of para-hydroxylation sites is 1. The summed E-state index contributed by atoms with van der Waals surface area (Å²) in [5, 5.41) is 10.1. The van der Waals surface area contributed by atoms with Crippen LogP contribution >= 0.6 is 0 Å². The van der Waals surface area contributed by atoms with Crippen LogP contribution in [0.15, 0.2) is 54.9 Å². The Bertz CT molecular complexity index is 633. The lowest BCUT2D eigenvalue weighted by molar-refractivity contribution is -0.130. The molecule has 1 fully saturated rings. The highest BCUT2D eigenvalue weighted by Gasteiger charge is 2.35. The highest BCUT2D eigenvalue weighted by molar-refractivity contribution is 5.77. The van der Waals surface area contributed by atoms with Crippen LogP contribution in [0.1, 0.15) is 12.0 Å². The molecule has 0 spiro atoms. The van der Waals surface area contributed by atoms with Gasteiger partial charge in [-0.15, -0.1) is 0 Å². The second-order valence-electron chi connectivity index (χ2n) is 5.70. The van der Waals surface area contributed by atoms with E-state index in [2.05, 4.69) is 4.98 Å². The zero-order valence-electron chi connectivity index (χ0n) is 12.8. The standard InChI is InChI=1S/C18H20N2O3/c21-16-12-20(13-17(16)23-15-6-2-1-3-7-15)18(22)9-8-14-5-4-10-19-11-14/h1-7,10-11,16-17,21H,8-9,12-13H2/t16-,17-/m1/s1. The lowest BCUT2D eigenvalue weighted by atomic mass is 10.1. The predicted octanol–water partition coefficient (Wildman–Crippen LogP) is 1.66. The van der Waals surface area contributed by atoms with Crippen LogP contribution in [-0.4, -0.2) is 46.2 Å². The van der Waals surface area contributed by atoms with E-state index in [1.807, 2.05) is 42.5 Å². The predicted molar refractivity (Wildman–Crippen MR) is 86.0 cm³/mol. The second-order valence-corrected chi connectivity index (χ2v) is 5.70. The lowest BCUT2D eigenvalue weighted by Gasteiger charge is -2.17. The first-order valence-electron chi connectivity index (χ1n) is 7.79. The molecule has 0 unspecified atom stereocenters. The van der Waals surface area contributed by atoms with Gasteiger partial charge < -0.3 is 14.7 Å². The zero-order chi connectivity index (χ0) is 16.1. The number of carbonyl (C=O) groups is 1. The van der Waals surface area contributed by atoms with Crippen molar-refractivity contribution in [1.82, 2.24) is 9.88 Å². The summed E-state index contributed by atoms with van der Waals surface area (Å²) in [6, 6.07) is 13.2. The molecule has 2 aromatic rings. The smallest absolute Gasteiger partial charge is 0.223 e. The monoisotopic (exact) mass is 312 g/mol. The molecule has 23 heavy (non-hydrogen) atoms. The van der Waals surface area contributed by atoms with Crippen molar-refractivity contribution in [3.8, 4) is 5.75 Å². The van der Waals surface area contributed by atoms with Crippen LogP contribution in [0.25, 0.3) is 0 Å². The number of nitrogens with zero attached hydrogens (tertiary/aromatic N) is 2. The molecule has 0 aliphatic carbocycles. The third-order valence-corrected chi connectivity index (χ3v) is 3.97. The molecule has 0 saturated carbocycles. The Kier molecular flexibility index (Phi) is 4.88. The van der Waals surface area contributed by atoms with E-state index in [1.54, 1.807) is 17.3 Å². The van der Waals surface area contributed by atoms with Crippen LogP contribution in [0.4, 0.5) is 0 Å². The minimum Gasteiger partial charge on any atom is -0.486 e.